The van der Waals surface area contributed by atoms with Gasteiger partial charge in [-0.05, 0) is 0 Å². The van der Waals surface area contributed by atoms with Crippen molar-refractivity contribution in [2.24, 2.45) is 0 Å². The number of hydrogen-bond donors (Lipinski definition) is 0. The molecule has 0 amide bonds. The highest BCUT2D eigenvalue weighted by molar-refractivity contribution is 4.65. The minimum atomic E-state index is 0. The van der Waals surface area contributed by atoms with E-state index in [2.05, 4.69) is 26.3 Å². The molecule has 0 bridgehead atoms. The van der Waals surface area contributed by atoms with Crippen LogP contribution in [0.2, 0.25) is 0 Å². The molecule has 0 saturated carbocycles. The Bertz CT molecular complexity index is 181. The van der Waals surface area contributed by atoms with E-state index in [1.165, 1.54) is 0 Å². The molecule has 0 unspecified atom stereocenters. The Morgan fingerprint density at radius 3 is 0.810 bits per heavy atom. The summed E-state index contributed by atoms with van der Waals surface area (Å²) in [6.07, 6.45) is 6.86. The van der Waals surface area contributed by atoms with Crippen LogP contribution in [-0.4, -0.2) is 58.3 Å². The molecule has 21 heavy (non-hydrogen) atoms. The summed E-state index contributed by atoms with van der Waals surface area (Å²) in [6.45, 7) is 18.9. The fourth-order valence-corrected chi connectivity index (χ4v) is 0.902. The van der Waals surface area contributed by atoms with Crippen LogP contribution in [0.4, 0.5) is 0 Å². The molecule has 0 spiro atoms. The highest BCUT2D eigenvalue weighted by atomic mass is 16.5. The van der Waals surface area contributed by atoms with Crippen LogP contribution < -0.4 is 0 Å². The van der Waals surface area contributed by atoms with Crippen LogP contribution >= 0.6 is 0 Å². The Hall–Kier alpha value is -1.24. The van der Waals surface area contributed by atoms with E-state index in [1.54, 1.807) is 24.3 Å². The van der Waals surface area contributed by atoms with E-state index in [4.69, 9.17) is 18.9 Å². The second-order valence-corrected chi connectivity index (χ2v) is 3.45. The van der Waals surface area contributed by atoms with Crippen molar-refractivity contribution >= 4 is 0 Å². The monoisotopic (exact) mass is 302 g/mol. The summed E-state index contributed by atoms with van der Waals surface area (Å²) in [7, 11) is 0. The van der Waals surface area contributed by atoms with Gasteiger partial charge in [0.25, 0.3) is 0 Å². The van der Waals surface area contributed by atoms with Crippen molar-refractivity contribution in [3.8, 4) is 0 Å². The molecule has 0 aliphatic carbocycles. The van der Waals surface area contributed by atoms with Gasteiger partial charge < -0.3 is 24.4 Å². The topological polar surface area (TPSA) is 68.4 Å². The van der Waals surface area contributed by atoms with Gasteiger partial charge in [-0.2, -0.15) is 0 Å². The predicted octanol–water partition coefficient (Wildman–Crippen LogP) is 1.96. The SMILES string of the molecule is C=CCOCCOCC=C.C=CCOCCOCC=C.O. The molecular weight excluding hydrogens is 272 g/mol. The zero-order valence-corrected chi connectivity index (χ0v) is 12.9. The molecule has 0 atom stereocenters. The minimum Gasteiger partial charge on any atom is -0.412 e. The van der Waals surface area contributed by atoms with Gasteiger partial charge in [-0.25, -0.2) is 0 Å². The maximum absolute atomic E-state index is 5.05. The lowest BCUT2D eigenvalue weighted by Gasteiger charge is -2.00. The molecule has 0 aromatic carbocycles. The molecule has 124 valence electrons. The molecule has 0 rings (SSSR count). The van der Waals surface area contributed by atoms with Crippen molar-refractivity contribution in [2.45, 2.75) is 0 Å². The Morgan fingerprint density at radius 2 is 0.667 bits per heavy atom. The fourth-order valence-electron chi connectivity index (χ4n) is 0.902. The lowest BCUT2D eigenvalue weighted by molar-refractivity contribution is 0.0710. The largest absolute Gasteiger partial charge is 0.412 e. The Kier molecular flexibility index (Phi) is 32.0. The summed E-state index contributed by atoms with van der Waals surface area (Å²) >= 11 is 0. The van der Waals surface area contributed by atoms with Crippen molar-refractivity contribution in [1.82, 2.24) is 0 Å². The predicted molar refractivity (Wildman–Crippen MR) is 87.7 cm³/mol. The summed E-state index contributed by atoms with van der Waals surface area (Å²) in [5, 5.41) is 0. The zero-order chi connectivity index (χ0) is 15.3. The normalized spacial score (nSPS) is 8.76. The Balaban J connectivity index is -0.000000295. The lowest BCUT2D eigenvalue weighted by Crippen LogP contribution is -2.03. The lowest BCUT2D eigenvalue weighted by atomic mass is 10.6. The summed E-state index contributed by atoms with van der Waals surface area (Å²) in [5.41, 5.74) is 0. The molecule has 0 radical (unpaired) electrons. The van der Waals surface area contributed by atoms with Gasteiger partial charge in [0, 0.05) is 0 Å². The standard InChI is InChI=1S/2C8H14O2.H2O/c2*1-3-5-9-7-8-10-6-4-2;/h2*3-4H,1-2,5-8H2;1H2. The number of hydrogen-bond acceptors (Lipinski definition) is 4. The first-order valence-corrected chi connectivity index (χ1v) is 6.58. The maximum atomic E-state index is 5.05. The quantitative estimate of drug-likeness (QED) is 0.363. The third-order valence-electron chi connectivity index (χ3n) is 1.69. The van der Waals surface area contributed by atoms with E-state index in [9.17, 15) is 0 Å². The van der Waals surface area contributed by atoms with Gasteiger partial charge in [-0.3, -0.25) is 0 Å². The molecule has 5 heteroatoms. The summed E-state index contributed by atoms with van der Waals surface area (Å²) in [5.74, 6) is 0. The molecular formula is C16H30O5. The van der Waals surface area contributed by atoms with Gasteiger partial charge in [0.15, 0.2) is 0 Å². The third-order valence-corrected chi connectivity index (χ3v) is 1.69. The first-order chi connectivity index (χ1) is 9.83. The molecule has 0 aliphatic heterocycles. The van der Waals surface area contributed by atoms with Gasteiger partial charge in [0.05, 0.1) is 52.9 Å². The average molecular weight is 302 g/mol. The Morgan fingerprint density at radius 1 is 0.476 bits per heavy atom. The van der Waals surface area contributed by atoms with Crippen LogP contribution in [0.1, 0.15) is 0 Å². The van der Waals surface area contributed by atoms with Crippen LogP contribution in [0.25, 0.3) is 0 Å². The van der Waals surface area contributed by atoms with Gasteiger partial charge in [-0.15, -0.1) is 26.3 Å². The molecule has 0 fully saturated rings. The van der Waals surface area contributed by atoms with Crippen LogP contribution in [0.15, 0.2) is 50.6 Å². The van der Waals surface area contributed by atoms with Gasteiger partial charge >= 0.3 is 0 Å². The Labute approximate surface area is 128 Å². The minimum absolute atomic E-state index is 0. The van der Waals surface area contributed by atoms with E-state index < -0.39 is 0 Å². The highest BCUT2D eigenvalue weighted by Crippen LogP contribution is 1.79. The summed E-state index contributed by atoms with van der Waals surface area (Å²) in [4.78, 5) is 0. The smallest absolute Gasteiger partial charge is 0.0704 e. The second kappa shape index (κ2) is 27.2. The molecule has 0 saturated heterocycles. The van der Waals surface area contributed by atoms with Crippen molar-refractivity contribution in [2.75, 3.05) is 52.9 Å². The van der Waals surface area contributed by atoms with Gasteiger partial charge in [0.2, 0.25) is 0 Å². The van der Waals surface area contributed by atoms with E-state index in [-0.39, 0.29) is 5.48 Å². The molecule has 2 N–H and O–H groups in total. The number of rotatable bonds is 14. The zero-order valence-electron chi connectivity index (χ0n) is 12.9. The first kappa shape index (κ1) is 24.8. The van der Waals surface area contributed by atoms with E-state index in [0.29, 0.717) is 52.9 Å². The molecule has 0 aromatic rings. The maximum Gasteiger partial charge on any atom is 0.0704 e. The van der Waals surface area contributed by atoms with Crippen molar-refractivity contribution in [3.63, 3.8) is 0 Å². The van der Waals surface area contributed by atoms with Crippen LogP contribution in [0, 0.1) is 0 Å². The number of ether oxygens (including phenoxy) is 4. The van der Waals surface area contributed by atoms with Crippen molar-refractivity contribution < 1.29 is 24.4 Å². The highest BCUT2D eigenvalue weighted by Gasteiger charge is 1.84. The fraction of sp³-hybridized carbons (Fsp3) is 0.500. The van der Waals surface area contributed by atoms with E-state index in [1.807, 2.05) is 0 Å². The first-order valence-electron chi connectivity index (χ1n) is 6.58. The molecule has 0 heterocycles. The van der Waals surface area contributed by atoms with Gasteiger partial charge in [-0.1, -0.05) is 24.3 Å². The third kappa shape index (κ3) is 32.4. The molecule has 0 aromatic heterocycles. The van der Waals surface area contributed by atoms with Crippen molar-refractivity contribution in [3.05, 3.63) is 50.6 Å². The molecule has 5 nitrogen and oxygen atoms in total. The second-order valence-electron chi connectivity index (χ2n) is 3.45. The van der Waals surface area contributed by atoms with Gasteiger partial charge in [0.1, 0.15) is 0 Å². The van der Waals surface area contributed by atoms with Crippen LogP contribution in [0.5, 0.6) is 0 Å². The summed E-state index contributed by atoms with van der Waals surface area (Å²) < 4.78 is 20.2. The molecule has 0 aliphatic rings. The average Bonchev–Trinajstić information content (AvgIpc) is 2.47. The van der Waals surface area contributed by atoms with E-state index >= 15 is 0 Å². The van der Waals surface area contributed by atoms with Crippen LogP contribution in [-0.2, 0) is 18.9 Å². The van der Waals surface area contributed by atoms with E-state index in [0.717, 1.165) is 0 Å². The van der Waals surface area contributed by atoms with Crippen LogP contribution in [0.3, 0.4) is 0 Å². The van der Waals surface area contributed by atoms with Crippen molar-refractivity contribution in [1.29, 1.82) is 0 Å². The summed E-state index contributed by atoms with van der Waals surface area (Å²) in [6, 6.07) is 0.